The van der Waals surface area contributed by atoms with E-state index in [9.17, 15) is 9.59 Å². The van der Waals surface area contributed by atoms with Gasteiger partial charge in [-0.2, -0.15) is 0 Å². The smallest absolute Gasteiger partial charge is 0.258 e. The van der Waals surface area contributed by atoms with Crippen LogP contribution >= 0.6 is 0 Å². The van der Waals surface area contributed by atoms with Gasteiger partial charge < -0.3 is 9.30 Å². The number of hydrogen-bond acceptors (Lipinski definition) is 5. The number of carbonyl (C=O) groups excluding carboxylic acids is 1. The largest absolute Gasteiger partial charge is 0.379 e. The Balaban J connectivity index is 1.60. The van der Waals surface area contributed by atoms with Crippen LogP contribution in [-0.2, 0) is 11.3 Å². The fourth-order valence-corrected chi connectivity index (χ4v) is 4.28. The maximum Gasteiger partial charge on any atom is 0.258 e. The molecule has 3 heterocycles. The van der Waals surface area contributed by atoms with Gasteiger partial charge in [-0.1, -0.05) is 18.2 Å². The standard InChI is InChI=1S/C22H21N3O3/c26-21-17-7-3-8-23-19(17)20-18(21)15-5-1-2-6-16(15)22(27)25(20)10-4-9-24-11-13-28-14-12-24/h1-3,5-8H,4,9-14H2. The molecule has 2 aliphatic rings. The van der Waals surface area contributed by atoms with Gasteiger partial charge in [-0.15, -0.1) is 0 Å². The Labute approximate surface area is 162 Å². The Bertz CT molecular complexity index is 1130. The minimum absolute atomic E-state index is 0.0452. The van der Waals surface area contributed by atoms with E-state index >= 15 is 0 Å². The second-order valence-corrected chi connectivity index (χ2v) is 7.26. The number of morpholine rings is 1. The fraction of sp³-hybridized carbons (Fsp3) is 0.318. The van der Waals surface area contributed by atoms with Gasteiger partial charge in [0.2, 0.25) is 0 Å². The van der Waals surface area contributed by atoms with E-state index in [1.807, 2.05) is 18.2 Å². The third-order valence-corrected chi connectivity index (χ3v) is 5.64. The first-order valence-corrected chi connectivity index (χ1v) is 9.71. The predicted octanol–water partition coefficient (Wildman–Crippen LogP) is 2.33. The van der Waals surface area contributed by atoms with Crippen molar-refractivity contribution < 1.29 is 9.53 Å². The first kappa shape index (κ1) is 17.3. The van der Waals surface area contributed by atoms with Gasteiger partial charge in [0.15, 0.2) is 5.78 Å². The molecular weight excluding hydrogens is 354 g/mol. The number of fused-ring (bicyclic) bond motifs is 5. The van der Waals surface area contributed by atoms with E-state index in [2.05, 4.69) is 9.88 Å². The molecule has 0 radical (unpaired) electrons. The van der Waals surface area contributed by atoms with Crippen molar-refractivity contribution in [3.63, 3.8) is 0 Å². The number of hydrogen-bond donors (Lipinski definition) is 0. The lowest BCUT2D eigenvalue weighted by molar-refractivity contribution is 0.0369. The van der Waals surface area contributed by atoms with E-state index in [0.717, 1.165) is 44.7 Å². The molecule has 1 aliphatic carbocycles. The maximum atomic E-state index is 13.3. The minimum atomic E-state index is -0.0531. The first-order chi connectivity index (χ1) is 13.8. The minimum Gasteiger partial charge on any atom is -0.379 e. The SMILES string of the molecule is O=C1c2cccnc2-c2c1c1ccccc1c(=O)n2CCCN1CCOCC1. The molecule has 28 heavy (non-hydrogen) atoms. The number of benzene rings is 1. The Kier molecular flexibility index (Phi) is 4.30. The molecule has 0 atom stereocenters. The van der Waals surface area contributed by atoms with Crippen molar-refractivity contribution in [2.45, 2.75) is 13.0 Å². The monoisotopic (exact) mass is 375 g/mol. The summed E-state index contributed by atoms with van der Waals surface area (Å²) in [5, 5.41) is 1.31. The second-order valence-electron chi connectivity index (χ2n) is 7.26. The van der Waals surface area contributed by atoms with Crippen molar-refractivity contribution in [1.82, 2.24) is 14.5 Å². The van der Waals surface area contributed by atoms with Crippen LogP contribution in [0.4, 0.5) is 0 Å². The summed E-state index contributed by atoms with van der Waals surface area (Å²) < 4.78 is 7.16. The van der Waals surface area contributed by atoms with E-state index in [1.54, 1.807) is 29.0 Å². The summed E-state index contributed by atoms with van der Waals surface area (Å²) >= 11 is 0. The molecule has 0 bridgehead atoms. The molecular formula is C22H21N3O3. The van der Waals surface area contributed by atoms with Crippen LogP contribution in [-0.4, -0.2) is 53.1 Å². The summed E-state index contributed by atoms with van der Waals surface area (Å²) in [7, 11) is 0. The predicted molar refractivity (Wildman–Crippen MR) is 107 cm³/mol. The van der Waals surface area contributed by atoms with Crippen LogP contribution in [0, 0.1) is 0 Å². The summed E-state index contributed by atoms with van der Waals surface area (Å²) in [6.45, 7) is 4.84. The Morgan fingerprint density at radius 3 is 2.57 bits per heavy atom. The molecule has 5 rings (SSSR count). The number of ketones is 1. The molecule has 1 aliphatic heterocycles. The highest BCUT2D eigenvalue weighted by molar-refractivity contribution is 6.26. The van der Waals surface area contributed by atoms with Crippen molar-refractivity contribution in [3.8, 4) is 11.4 Å². The molecule has 6 heteroatoms. The zero-order valence-electron chi connectivity index (χ0n) is 15.6. The molecule has 2 aromatic heterocycles. The van der Waals surface area contributed by atoms with E-state index in [-0.39, 0.29) is 11.3 Å². The van der Waals surface area contributed by atoms with E-state index in [0.29, 0.717) is 34.4 Å². The van der Waals surface area contributed by atoms with Crippen LogP contribution in [0.5, 0.6) is 0 Å². The van der Waals surface area contributed by atoms with Gasteiger partial charge in [-0.3, -0.25) is 19.5 Å². The topological polar surface area (TPSA) is 64.4 Å². The van der Waals surface area contributed by atoms with Gasteiger partial charge in [0, 0.05) is 43.1 Å². The molecule has 142 valence electrons. The molecule has 1 saturated heterocycles. The summed E-state index contributed by atoms with van der Waals surface area (Å²) in [6, 6.07) is 10.9. The van der Waals surface area contributed by atoms with Crippen LogP contribution in [0.1, 0.15) is 22.3 Å². The lowest BCUT2D eigenvalue weighted by atomic mass is 10.0. The molecule has 0 N–H and O–H groups in total. The van der Waals surface area contributed by atoms with Gasteiger partial charge in [0.25, 0.3) is 5.56 Å². The van der Waals surface area contributed by atoms with Crippen molar-refractivity contribution >= 4 is 16.6 Å². The molecule has 0 unspecified atom stereocenters. The highest BCUT2D eigenvalue weighted by Gasteiger charge is 2.33. The molecule has 0 amide bonds. The van der Waals surface area contributed by atoms with Gasteiger partial charge in [-0.25, -0.2) is 0 Å². The number of pyridine rings is 2. The van der Waals surface area contributed by atoms with Gasteiger partial charge in [0.1, 0.15) is 0 Å². The van der Waals surface area contributed by atoms with Gasteiger partial charge in [0.05, 0.1) is 35.7 Å². The van der Waals surface area contributed by atoms with Crippen LogP contribution in [0.25, 0.3) is 22.2 Å². The third-order valence-electron chi connectivity index (χ3n) is 5.64. The van der Waals surface area contributed by atoms with Crippen molar-refractivity contribution in [2.75, 3.05) is 32.8 Å². The van der Waals surface area contributed by atoms with Crippen LogP contribution in [0.15, 0.2) is 47.4 Å². The zero-order chi connectivity index (χ0) is 19.1. The Hall–Kier alpha value is -2.83. The Morgan fingerprint density at radius 2 is 1.75 bits per heavy atom. The number of carbonyl (C=O) groups is 1. The van der Waals surface area contributed by atoms with Crippen molar-refractivity contribution in [3.05, 3.63) is 64.1 Å². The summed E-state index contributed by atoms with van der Waals surface area (Å²) in [4.78, 5) is 33.2. The second kappa shape index (κ2) is 6.96. The number of ether oxygens (including phenoxy) is 1. The average molecular weight is 375 g/mol. The number of rotatable bonds is 4. The van der Waals surface area contributed by atoms with Crippen LogP contribution < -0.4 is 5.56 Å². The lowest BCUT2D eigenvalue weighted by Crippen LogP contribution is -2.37. The van der Waals surface area contributed by atoms with Crippen LogP contribution in [0.2, 0.25) is 0 Å². The molecule has 1 fully saturated rings. The highest BCUT2D eigenvalue weighted by atomic mass is 16.5. The maximum absolute atomic E-state index is 13.3. The summed E-state index contributed by atoms with van der Waals surface area (Å²) in [6.07, 6.45) is 2.51. The number of aromatic nitrogens is 2. The van der Waals surface area contributed by atoms with Gasteiger partial charge in [-0.05, 0) is 24.6 Å². The summed E-state index contributed by atoms with van der Waals surface area (Å²) in [5.41, 5.74) is 2.43. The lowest BCUT2D eigenvalue weighted by Gasteiger charge is -2.26. The highest BCUT2D eigenvalue weighted by Crippen LogP contribution is 2.37. The third kappa shape index (κ3) is 2.68. The summed E-state index contributed by atoms with van der Waals surface area (Å²) in [5.74, 6) is -0.0452. The van der Waals surface area contributed by atoms with Gasteiger partial charge >= 0.3 is 0 Å². The van der Waals surface area contributed by atoms with E-state index in [4.69, 9.17) is 4.74 Å². The average Bonchev–Trinajstić information content (AvgIpc) is 3.04. The molecule has 3 aromatic rings. The molecule has 1 aromatic carbocycles. The molecule has 0 spiro atoms. The fourth-order valence-electron chi connectivity index (χ4n) is 4.28. The number of nitrogens with zero attached hydrogens (tertiary/aromatic N) is 3. The van der Waals surface area contributed by atoms with Crippen molar-refractivity contribution in [1.29, 1.82) is 0 Å². The molecule has 6 nitrogen and oxygen atoms in total. The quantitative estimate of drug-likeness (QED) is 0.548. The van der Waals surface area contributed by atoms with E-state index < -0.39 is 0 Å². The molecule has 0 saturated carbocycles. The first-order valence-electron chi connectivity index (χ1n) is 9.71. The van der Waals surface area contributed by atoms with E-state index in [1.165, 1.54) is 0 Å². The van der Waals surface area contributed by atoms with Crippen LogP contribution in [0.3, 0.4) is 0 Å². The zero-order valence-corrected chi connectivity index (χ0v) is 15.6. The van der Waals surface area contributed by atoms with Crippen molar-refractivity contribution in [2.24, 2.45) is 0 Å². The Morgan fingerprint density at radius 1 is 0.964 bits per heavy atom. The normalized spacial score (nSPS) is 16.4.